The van der Waals surface area contributed by atoms with Crippen molar-refractivity contribution < 1.29 is 10.2 Å². The highest BCUT2D eigenvalue weighted by Gasteiger charge is 2.22. The Morgan fingerprint density at radius 2 is 1.92 bits per heavy atom. The summed E-state index contributed by atoms with van der Waals surface area (Å²) in [6.45, 7) is 0. The number of fused-ring (bicyclic) bond motifs is 1. The molecular formula is C10H9O2. The van der Waals surface area contributed by atoms with Crippen molar-refractivity contribution in [1.29, 1.82) is 0 Å². The van der Waals surface area contributed by atoms with E-state index in [2.05, 4.69) is 0 Å². The predicted octanol–water partition coefficient (Wildman–Crippen LogP) is 1.33. The van der Waals surface area contributed by atoms with Gasteiger partial charge in [0.05, 0.1) is 0 Å². The zero-order chi connectivity index (χ0) is 8.55. The van der Waals surface area contributed by atoms with Crippen LogP contribution in [-0.4, -0.2) is 16.3 Å². The molecule has 61 valence electrons. The van der Waals surface area contributed by atoms with E-state index in [9.17, 15) is 10.2 Å². The summed E-state index contributed by atoms with van der Waals surface area (Å²) in [4.78, 5) is 0. The Morgan fingerprint density at radius 1 is 1.17 bits per heavy atom. The van der Waals surface area contributed by atoms with Gasteiger partial charge in [0, 0.05) is 0 Å². The molecule has 1 aliphatic carbocycles. The number of aliphatic hydroxyl groups is 2. The van der Waals surface area contributed by atoms with Crippen molar-refractivity contribution >= 4 is 6.08 Å². The Balaban J connectivity index is 2.52. The maximum Gasteiger partial charge on any atom is 0.155 e. The molecule has 0 saturated carbocycles. The first-order valence-electron chi connectivity index (χ1n) is 3.80. The van der Waals surface area contributed by atoms with Crippen LogP contribution in [0.1, 0.15) is 11.1 Å². The monoisotopic (exact) mass is 161 g/mol. The van der Waals surface area contributed by atoms with Crippen LogP contribution in [0.25, 0.3) is 6.08 Å². The lowest BCUT2D eigenvalue weighted by Gasteiger charge is -2.19. The largest absolute Gasteiger partial charge is 0.386 e. The zero-order valence-corrected chi connectivity index (χ0v) is 6.44. The van der Waals surface area contributed by atoms with Crippen LogP contribution in [0.5, 0.6) is 0 Å². The van der Waals surface area contributed by atoms with Crippen molar-refractivity contribution in [2.45, 2.75) is 6.10 Å². The third kappa shape index (κ3) is 1.05. The lowest BCUT2D eigenvalue weighted by molar-refractivity contribution is 0.148. The van der Waals surface area contributed by atoms with Crippen molar-refractivity contribution in [2.75, 3.05) is 0 Å². The minimum Gasteiger partial charge on any atom is -0.386 e. The highest BCUT2D eigenvalue weighted by molar-refractivity contribution is 5.61. The molecule has 0 amide bonds. The van der Waals surface area contributed by atoms with Crippen molar-refractivity contribution in [2.24, 2.45) is 0 Å². The summed E-state index contributed by atoms with van der Waals surface area (Å²) < 4.78 is 0. The van der Waals surface area contributed by atoms with Crippen LogP contribution >= 0.6 is 0 Å². The first-order chi connectivity index (χ1) is 5.79. The fourth-order valence-electron chi connectivity index (χ4n) is 1.32. The van der Waals surface area contributed by atoms with Gasteiger partial charge in [-0.1, -0.05) is 36.4 Å². The molecule has 2 heteroatoms. The molecule has 0 aromatic heterocycles. The van der Waals surface area contributed by atoms with E-state index in [1.807, 2.05) is 18.2 Å². The van der Waals surface area contributed by atoms with E-state index < -0.39 is 6.10 Å². The fourth-order valence-corrected chi connectivity index (χ4v) is 1.32. The van der Waals surface area contributed by atoms with Gasteiger partial charge in [-0.05, 0) is 11.1 Å². The Bertz CT molecular complexity index is 317. The lowest BCUT2D eigenvalue weighted by Crippen LogP contribution is -2.19. The van der Waals surface area contributed by atoms with Crippen molar-refractivity contribution in [3.8, 4) is 0 Å². The molecule has 0 bridgehead atoms. The van der Waals surface area contributed by atoms with E-state index in [0.29, 0.717) is 5.56 Å². The summed E-state index contributed by atoms with van der Waals surface area (Å²) in [5.41, 5.74) is 1.66. The molecule has 1 atom stereocenters. The van der Waals surface area contributed by atoms with Gasteiger partial charge in [0.25, 0.3) is 0 Å². The molecule has 0 spiro atoms. The van der Waals surface area contributed by atoms with Crippen LogP contribution in [0, 0.1) is 6.10 Å². The molecule has 12 heavy (non-hydrogen) atoms. The number of aliphatic hydroxyl groups excluding tert-OH is 2. The summed E-state index contributed by atoms with van der Waals surface area (Å²) in [5, 5.41) is 18.7. The highest BCUT2D eigenvalue weighted by Crippen LogP contribution is 2.26. The highest BCUT2D eigenvalue weighted by atomic mass is 16.3. The van der Waals surface area contributed by atoms with Crippen molar-refractivity contribution in [3.05, 3.63) is 47.6 Å². The van der Waals surface area contributed by atoms with Crippen molar-refractivity contribution in [3.63, 3.8) is 0 Å². The van der Waals surface area contributed by atoms with Gasteiger partial charge in [0.1, 0.15) is 6.10 Å². The average molecular weight is 161 g/mol. The topological polar surface area (TPSA) is 40.5 Å². The summed E-state index contributed by atoms with van der Waals surface area (Å²) in [7, 11) is 0. The van der Waals surface area contributed by atoms with Crippen LogP contribution in [-0.2, 0) is 0 Å². The van der Waals surface area contributed by atoms with Gasteiger partial charge in [-0.3, -0.25) is 0 Å². The minimum absolute atomic E-state index is 0.0353. The molecule has 0 saturated heterocycles. The predicted molar refractivity (Wildman–Crippen MR) is 45.8 cm³/mol. The standard InChI is InChI=1S/C10H9O2/c11-9-6-5-7-3-1-2-4-8(7)10(9)12/h1-6,9,11-12H. The Labute approximate surface area is 70.8 Å². The molecule has 1 aromatic carbocycles. The second kappa shape index (κ2) is 2.73. The molecule has 0 heterocycles. The van der Waals surface area contributed by atoms with E-state index in [0.717, 1.165) is 5.56 Å². The fraction of sp³-hybridized carbons (Fsp3) is 0.100. The lowest BCUT2D eigenvalue weighted by atomic mass is 9.93. The summed E-state index contributed by atoms with van der Waals surface area (Å²) in [5.74, 6) is 0. The molecule has 0 aliphatic heterocycles. The maximum absolute atomic E-state index is 9.45. The second-order valence-corrected chi connectivity index (χ2v) is 2.78. The summed E-state index contributed by atoms with van der Waals surface area (Å²) >= 11 is 0. The first-order valence-corrected chi connectivity index (χ1v) is 3.80. The molecule has 1 unspecified atom stereocenters. The summed E-state index contributed by atoms with van der Waals surface area (Å²) in [6.07, 6.45) is 2.56. The van der Waals surface area contributed by atoms with E-state index in [4.69, 9.17) is 0 Å². The summed E-state index contributed by atoms with van der Waals surface area (Å²) in [6, 6.07) is 7.42. The number of rotatable bonds is 0. The minimum atomic E-state index is -0.847. The van der Waals surface area contributed by atoms with Gasteiger partial charge in [0.15, 0.2) is 6.10 Å². The SMILES string of the molecule is O[C]1c2ccccc2C=CC1O. The molecule has 1 aliphatic rings. The third-order valence-electron chi connectivity index (χ3n) is 1.97. The van der Waals surface area contributed by atoms with Crippen LogP contribution in [0.3, 0.4) is 0 Å². The van der Waals surface area contributed by atoms with Crippen LogP contribution < -0.4 is 0 Å². The maximum atomic E-state index is 9.45. The van der Waals surface area contributed by atoms with E-state index in [-0.39, 0.29) is 6.10 Å². The number of hydrogen-bond acceptors (Lipinski definition) is 2. The molecule has 0 fully saturated rings. The Hall–Kier alpha value is -1.12. The molecule has 1 radical (unpaired) electrons. The van der Waals surface area contributed by atoms with E-state index >= 15 is 0 Å². The molecule has 2 rings (SSSR count). The Morgan fingerprint density at radius 3 is 2.75 bits per heavy atom. The molecule has 1 aromatic rings. The Kier molecular flexibility index (Phi) is 1.71. The van der Waals surface area contributed by atoms with Crippen molar-refractivity contribution in [1.82, 2.24) is 0 Å². The zero-order valence-electron chi connectivity index (χ0n) is 6.44. The second-order valence-electron chi connectivity index (χ2n) is 2.78. The van der Waals surface area contributed by atoms with E-state index in [1.54, 1.807) is 18.2 Å². The van der Waals surface area contributed by atoms with Gasteiger partial charge in [-0.25, -0.2) is 0 Å². The van der Waals surface area contributed by atoms with Gasteiger partial charge in [-0.2, -0.15) is 0 Å². The first kappa shape index (κ1) is 7.53. The van der Waals surface area contributed by atoms with Crippen LogP contribution in [0.15, 0.2) is 30.3 Å². The normalized spacial score (nSPS) is 22.3. The number of hydrogen-bond donors (Lipinski definition) is 2. The van der Waals surface area contributed by atoms with Gasteiger partial charge in [-0.15, -0.1) is 0 Å². The molecule has 2 N–H and O–H groups in total. The van der Waals surface area contributed by atoms with Gasteiger partial charge >= 0.3 is 0 Å². The molecular weight excluding hydrogens is 152 g/mol. The van der Waals surface area contributed by atoms with E-state index in [1.165, 1.54) is 0 Å². The average Bonchev–Trinajstić information content (AvgIpc) is 2.12. The van der Waals surface area contributed by atoms with Gasteiger partial charge in [0.2, 0.25) is 0 Å². The third-order valence-corrected chi connectivity index (χ3v) is 1.97. The number of benzene rings is 1. The quantitative estimate of drug-likeness (QED) is 0.602. The van der Waals surface area contributed by atoms with Crippen LogP contribution in [0.4, 0.5) is 0 Å². The van der Waals surface area contributed by atoms with Crippen LogP contribution in [0.2, 0.25) is 0 Å². The van der Waals surface area contributed by atoms with Gasteiger partial charge < -0.3 is 10.2 Å². The smallest absolute Gasteiger partial charge is 0.155 e. The molecule has 2 nitrogen and oxygen atoms in total.